The Hall–Kier alpha value is -2.17. The van der Waals surface area contributed by atoms with Crippen LogP contribution in [0, 0.1) is 6.92 Å². The second-order valence-electron chi connectivity index (χ2n) is 6.86. The number of hydrogen-bond acceptors (Lipinski definition) is 4. The Morgan fingerprint density at radius 2 is 1.96 bits per heavy atom. The van der Waals surface area contributed by atoms with Gasteiger partial charge in [0.1, 0.15) is 18.1 Å². The Labute approximate surface area is 154 Å². The first-order valence-corrected chi connectivity index (χ1v) is 9.19. The van der Waals surface area contributed by atoms with Crippen molar-refractivity contribution in [3.63, 3.8) is 0 Å². The molecule has 1 aliphatic rings. The molecule has 4 heteroatoms. The van der Waals surface area contributed by atoms with Crippen LogP contribution in [0.5, 0.6) is 5.75 Å². The van der Waals surface area contributed by atoms with Crippen LogP contribution >= 0.6 is 0 Å². The Morgan fingerprint density at radius 3 is 2.65 bits per heavy atom. The number of rotatable bonds is 6. The van der Waals surface area contributed by atoms with E-state index in [1.54, 1.807) is 0 Å². The summed E-state index contributed by atoms with van der Waals surface area (Å²) in [5, 5.41) is 10.0. The van der Waals surface area contributed by atoms with E-state index < -0.39 is 12.2 Å². The van der Waals surface area contributed by atoms with E-state index in [2.05, 4.69) is 31.2 Å². The van der Waals surface area contributed by atoms with Gasteiger partial charge >= 0.3 is 0 Å². The molecule has 1 fully saturated rings. The van der Waals surface area contributed by atoms with Gasteiger partial charge in [-0.3, -0.25) is 0 Å². The lowest BCUT2D eigenvalue weighted by atomic mass is 9.92. The summed E-state index contributed by atoms with van der Waals surface area (Å²) in [5.74, 6) is 0.881. The van der Waals surface area contributed by atoms with Crippen LogP contribution in [0.3, 0.4) is 0 Å². The number of ether oxygens (including phenoxy) is 2. The average molecular weight is 354 g/mol. The lowest BCUT2D eigenvalue weighted by Crippen LogP contribution is -2.32. The van der Waals surface area contributed by atoms with Crippen molar-refractivity contribution in [2.75, 3.05) is 6.61 Å². The van der Waals surface area contributed by atoms with Crippen LogP contribution in [0.25, 0.3) is 0 Å². The molecule has 2 aromatic carbocycles. The molecule has 3 atom stereocenters. The van der Waals surface area contributed by atoms with Crippen LogP contribution in [-0.4, -0.2) is 30.2 Å². The first kappa shape index (κ1) is 18.6. The highest BCUT2D eigenvalue weighted by molar-refractivity contribution is 5.56. The van der Waals surface area contributed by atoms with Crippen molar-refractivity contribution in [2.24, 2.45) is 0 Å². The highest BCUT2D eigenvalue weighted by atomic mass is 16.5. The van der Waals surface area contributed by atoms with E-state index in [0.717, 1.165) is 24.0 Å². The molecular weight excluding hydrogens is 328 g/mol. The molecule has 0 aromatic heterocycles. The molecular formula is C22H26O4. The first-order chi connectivity index (χ1) is 12.6. The lowest BCUT2D eigenvalue weighted by Gasteiger charge is -2.31. The zero-order valence-electron chi connectivity index (χ0n) is 15.4. The maximum Gasteiger partial charge on any atom is 0.148 e. The van der Waals surface area contributed by atoms with E-state index in [1.165, 1.54) is 16.7 Å². The van der Waals surface area contributed by atoms with Gasteiger partial charge in [-0.1, -0.05) is 30.3 Å². The molecule has 1 heterocycles. The number of carbonyl (C=O) groups is 1. The van der Waals surface area contributed by atoms with Crippen molar-refractivity contribution in [1.29, 1.82) is 0 Å². The predicted molar refractivity (Wildman–Crippen MR) is 101 cm³/mol. The van der Waals surface area contributed by atoms with Gasteiger partial charge in [-0.05, 0) is 54.7 Å². The molecule has 2 aromatic rings. The van der Waals surface area contributed by atoms with Gasteiger partial charge < -0.3 is 19.4 Å². The third-order valence-corrected chi connectivity index (χ3v) is 4.86. The summed E-state index contributed by atoms with van der Waals surface area (Å²) in [7, 11) is 0. The topological polar surface area (TPSA) is 55.8 Å². The van der Waals surface area contributed by atoms with E-state index in [4.69, 9.17) is 9.47 Å². The van der Waals surface area contributed by atoms with Gasteiger partial charge in [0.15, 0.2) is 0 Å². The van der Waals surface area contributed by atoms with E-state index in [1.807, 2.05) is 25.1 Å². The molecule has 0 amide bonds. The minimum Gasteiger partial charge on any atom is -0.494 e. The second-order valence-corrected chi connectivity index (χ2v) is 6.86. The zero-order chi connectivity index (χ0) is 18.5. The minimum absolute atomic E-state index is 0.242. The molecule has 0 spiro atoms. The van der Waals surface area contributed by atoms with Gasteiger partial charge in [0.25, 0.3) is 0 Å². The average Bonchev–Trinajstić information content (AvgIpc) is 2.64. The number of aldehydes is 1. The Kier molecular flexibility index (Phi) is 6.07. The third kappa shape index (κ3) is 4.51. The normalized spacial score (nSPS) is 22.8. The number of aliphatic hydroxyl groups excluding tert-OH is 1. The number of hydrogen-bond donors (Lipinski definition) is 1. The Balaban J connectivity index is 1.78. The third-order valence-electron chi connectivity index (χ3n) is 4.86. The molecule has 0 radical (unpaired) electrons. The van der Waals surface area contributed by atoms with Crippen LogP contribution in [0.15, 0.2) is 42.5 Å². The molecule has 138 valence electrons. The van der Waals surface area contributed by atoms with Gasteiger partial charge in [0.05, 0.1) is 18.8 Å². The molecule has 0 aliphatic carbocycles. The van der Waals surface area contributed by atoms with E-state index >= 15 is 0 Å². The lowest BCUT2D eigenvalue weighted by molar-refractivity contribution is -0.135. The van der Waals surface area contributed by atoms with Crippen LogP contribution in [-0.2, 0) is 16.0 Å². The van der Waals surface area contributed by atoms with E-state index in [-0.39, 0.29) is 6.10 Å². The van der Waals surface area contributed by atoms with Crippen molar-refractivity contribution in [1.82, 2.24) is 0 Å². The van der Waals surface area contributed by atoms with Crippen molar-refractivity contribution in [3.05, 3.63) is 64.7 Å². The number of benzene rings is 2. The largest absolute Gasteiger partial charge is 0.494 e. The number of aryl methyl sites for hydroxylation is 1. The summed E-state index contributed by atoms with van der Waals surface area (Å²) < 4.78 is 11.3. The van der Waals surface area contributed by atoms with Gasteiger partial charge in [-0.2, -0.15) is 0 Å². The Bertz CT molecular complexity index is 738. The molecule has 1 N–H and O–H groups in total. The molecule has 3 unspecified atom stereocenters. The van der Waals surface area contributed by atoms with Crippen LogP contribution < -0.4 is 4.74 Å². The fraction of sp³-hybridized carbons (Fsp3) is 0.409. The maximum atomic E-state index is 11.1. The van der Waals surface area contributed by atoms with Gasteiger partial charge in [-0.25, -0.2) is 0 Å². The fourth-order valence-corrected chi connectivity index (χ4v) is 3.41. The molecule has 1 saturated heterocycles. The van der Waals surface area contributed by atoms with Gasteiger partial charge in [-0.15, -0.1) is 0 Å². The van der Waals surface area contributed by atoms with Crippen molar-refractivity contribution >= 4 is 6.29 Å². The van der Waals surface area contributed by atoms with Gasteiger partial charge in [0, 0.05) is 12.8 Å². The summed E-state index contributed by atoms with van der Waals surface area (Å²) >= 11 is 0. The molecule has 3 rings (SSSR count). The summed E-state index contributed by atoms with van der Waals surface area (Å²) in [6.45, 7) is 4.73. The van der Waals surface area contributed by atoms with Crippen molar-refractivity contribution < 1.29 is 19.4 Å². The molecule has 1 aliphatic heterocycles. The molecule has 0 saturated carbocycles. The van der Waals surface area contributed by atoms with Crippen molar-refractivity contribution in [2.45, 2.75) is 51.4 Å². The first-order valence-electron chi connectivity index (χ1n) is 9.19. The summed E-state index contributed by atoms with van der Waals surface area (Å²) in [6.07, 6.45) is 1.23. The summed E-state index contributed by atoms with van der Waals surface area (Å²) in [4.78, 5) is 11.1. The quantitative estimate of drug-likeness (QED) is 0.803. The summed E-state index contributed by atoms with van der Waals surface area (Å²) in [6, 6.07) is 14.4. The van der Waals surface area contributed by atoms with Crippen molar-refractivity contribution in [3.8, 4) is 5.75 Å². The molecule has 4 nitrogen and oxygen atoms in total. The van der Waals surface area contributed by atoms with Crippen LogP contribution in [0.2, 0.25) is 0 Å². The maximum absolute atomic E-state index is 11.1. The highest BCUT2D eigenvalue weighted by Gasteiger charge is 2.29. The second kappa shape index (κ2) is 8.47. The Morgan fingerprint density at radius 1 is 1.19 bits per heavy atom. The summed E-state index contributed by atoms with van der Waals surface area (Å²) in [5.41, 5.74) is 4.66. The molecule has 26 heavy (non-hydrogen) atoms. The number of carbonyl (C=O) groups excluding carboxylic acids is 1. The molecule has 0 bridgehead atoms. The minimum atomic E-state index is -0.528. The van der Waals surface area contributed by atoms with E-state index in [0.29, 0.717) is 19.4 Å². The smallest absolute Gasteiger partial charge is 0.148 e. The monoisotopic (exact) mass is 354 g/mol. The van der Waals surface area contributed by atoms with Crippen LogP contribution in [0.1, 0.15) is 48.1 Å². The van der Waals surface area contributed by atoms with Gasteiger partial charge in [0.2, 0.25) is 0 Å². The zero-order valence-corrected chi connectivity index (χ0v) is 15.4. The van der Waals surface area contributed by atoms with E-state index in [9.17, 15) is 9.90 Å². The highest BCUT2D eigenvalue weighted by Crippen LogP contribution is 2.32. The SMILES string of the molecule is CCOc1ccc(Cc2cc(C3CC(O)CC(C=O)O3)ccc2C)cc1. The predicted octanol–water partition coefficient (Wildman–Crippen LogP) is 3.76. The van der Waals surface area contributed by atoms with Crippen LogP contribution in [0.4, 0.5) is 0 Å². The fourth-order valence-electron chi connectivity index (χ4n) is 3.41. The number of aliphatic hydroxyl groups is 1. The standard InChI is InChI=1S/C22H26O4/c1-3-25-20-8-5-16(6-9-20)10-18-11-17(7-4-15(18)2)22-13-19(24)12-21(14-23)26-22/h4-9,11,14,19,21-22,24H,3,10,12-13H2,1-2H3.